The van der Waals surface area contributed by atoms with Crippen molar-refractivity contribution in [3.8, 4) is 11.3 Å². The van der Waals surface area contributed by atoms with Gasteiger partial charge in [0, 0.05) is 33.6 Å². The fourth-order valence-electron chi connectivity index (χ4n) is 3.21. The normalized spacial score (nSPS) is 15.7. The lowest BCUT2D eigenvalue weighted by Crippen LogP contribution is -2.29. The number of aromatic nitrogens is 2. The Morgan fingerprint density at radius 3 is 2.80 bits per heavy atom. The van der Waals surface area contributed by atoms with Crippen LogP contribution >= 0.6 is 0 Å². The van der Waals surface area contributed by atoms with Gasteiger partial charge in [-0.25, -0.2) is 0 Å². The fourth-order valence-corrected chi connectivity index (χ4v) is 3.21. The minimum absolute atomic E-state index is 0.142. The summed E-state index contributed by atoms with van der Waals surface area (Å²) in [5.74, 6) is 0.523. The minimum atomic E-state index is -0.142. The van der Waals surface area contributed by atoms with Crippen LogP contribution in [0.3, 0.4) is 0 Å². The van der Waals surface area contributed by atoms with Crippen molar-refractivity contribution < 1.29 is 9.32 Å². The summed E-state index contributed by atoms with van der Waals surface area (Å²) in [5, 5.41) is 8.25. The summed E-state index contributed by atoms with van der Waals surface area (Å²) in [6, 6.07) is 8.31. The van der Waals surface area contributed by atoms with Gasteiger partial charge in [0.1, 0.15) is 12.0 Å². The number of carbonyl (C=O) groups is 1. The molecule has 1 aliphatic rings. The Hall–Kier alpha value is -2.56. The van der Waals surface area contributed by atoms with Gasteiger partial charge in [0.25, 0.3) is 0 Å². The molecule has 0 saturated heterocycles. The standard InChI is InChI=1S/C20H23N3O2/c1-12(2)15-10-18-13(9-16(15)17-4-7-25-23-17)8-14(22-18)11-21-19(24)20(3)5-6-20/h4,7-10,12,22H,5-6,11H2,1-3H3,(H,21,24). The molecule has 0 radical (unpaired) electrons. The van der Waals surface area contributed by atoms with Crippen molar-refractivity contribution >= 4 is 16.8 Å². The molecule has 0 spiro atoms. The number of hydrogen-bond donors (Lipinski definition) is 2. The van der Waals surface area contributed by atoms with Gasteiger partial charge in [0.05, 0.1) is 6.54 Å². The van der Waals surface area contributed by atoms with E-state index in [1.54, 1.807) is 6.26 Å². The Bertz CT molecular complexity index is 918. The van der Waals surface area contributed by atoms with E-state index in [1.165, 1.54) is 5.56 Å². The molecule has 2 heterocycles. The zero-order valence-electron chi connectivity index (χ0n) is 14.8. The number of carbonyl (C=O) groups excluding carboxylic acids is 1. The molecule has 1 fully saturated rings. The van der Waals surface area contributed by atoms with E-state index in [4.69, 9.17) is 4.52 Å². The van der Waals surface area contributed by atoms with Crippen LogP contribution in [0, 0.1) is 5.41 Å². The van der Waals surface area contributed by atoms with Crippen LogP contribution in [0.1, 0.15) is 50.8 Å². The summed E-state index contributed by atoms with van der Waals surface area (Å²) in [4.78, 5) is 15.6. The molecule has 1 saturated carbocycles. The van der Waals surface area contributed by atoms with E-state index in [0.717, 1.165) is 40.7 Å². The molecule has 5 nitrogen and oxygen atoms in total. The highest BCUT2D eigenvalue weighted by molar-refractivity contribution is 5.88. The molecule has 5 heteroatoms. The van der Waals surface area contributed by atoms with Gasteiger partial charge in [0.15, 0.2) is 0 Å². The van der Waals surface area contributed by atoms with Crippen molar-refractivity contribution in [3.05, 3.63) is 41.8 Å². The average molecular weight is 337 g/mol. The maximum Gasteiger partial charge on any atom is 0.226 e. The molecule has 2 N–H and O–H groups in total. The van der Waals surface area contributed by atoms with Gasteiger partial charge in [0.2, 0.25) is 5.91 Å². The number of fused-ring (bicyclic) bond motifs is 1. The van der Waals surface area contributed by atoms with Crippen molar-refractivity contribution in [3.63, 3.8) is 0 Å². The number of hydrogen-bond acceptors (Lipinski definition) is 3. The van der Waals surface area contributed by atoms with Gasteiger partial charge in [-0.2, -0.15) is 0 Å². The monoisotopic (exact) mass is 337 g/mol. The predicted molar refractivity (Wildman–Crippen MR) is 97.1 cm³/mol. The molecule has 25 heavy (non-hydrogen) atoms. The van der Waals surface area contributed by atoms with Crippen LogP contribution in [0.2, 0.25) is 0 Å². The SMILES string of the molecule is CC(C)c1cc2[nH]c(CNC(=O)C3(C)CC3)cc2cc1-c1ccon1. The van der Waals surface area contributed by atoms with Crippen LogP contribution < -0.4 is 5.32 Å². The number of nitrogens with one attached hydrogen (secondary N) is 2. The van der Waals surface area contributed by atoms with Gasteiger partial charge in [-0.3, -0.25) is 4.79 Å². The highest BCUT2D eigenvalue weighted by atomic mass is 16.5. The van der Waals surface area contributed by atoms with E-state index in [1.807, 2.05) is 13.0 Å². The first-order chi connectivity index (χ1) is 12.0. The third kappa shape index (κ3) is 2.95. The lowest BCUT2D eigenvalue weighted by Gasteiger charge is -2.11. The molecule has 0 unspecified atom stereocenters. The molecule has 130 valence electrons. The third-order valence-corrected chi connectivity index (χ3v) is 5.17. The Kier molecular flexibility index (Phi) is 3.67. The molecular formula is C20H23N3O2. The molecule has 4 rings (SSSR count). The highest BCUT2D eigenvalue weighted by Crippen LogP contribution is 2.45. The zero-order chi connectivity index (χ0) is 17.6. The summed E-state index contributed by atoms with van der Waals surface area (Å²) >= 11 is 0. The second-order valence-electron chi connectivity index (χ2n) is 7.60. The van der Waals surface area contributed by atoms with E-state index in [0.29, 0.717) is 12.5 Å². The van der Waals surface area contributed by atoms with Crippen LogP contribution in [0.25, 0.3) is 22.2 Å². The van der Waals surface area contributed by atoms with Crippen molar-refractivity contribution in [1.29, 1.82) is 0 Å². The molecule has 0 bridgehead atoms. The van der Waals surface area contributed by atoms with Crippen molar-refractivity contribution in [2.75, 3.05) is 0 Å². The smallest absolute Gasteiger partial charge is 0.226 e. The molecule has 0 aliphatic heterocycles. The maximum absolute atomic E-state index is 12.1. The number of benzene rings is 1. The van der Waals surface area contributed by atoms with Crippen LogP contribution in [0.4, 0.5) is 0 Å². The largest absolute Gasteiger partial charge is 0.364 e. The average Bonchev–Trinajstić information content (AvgIpc) is 3.03. The number of H-pyrrole nitrogens is 1. The first-order valence-corrected chi connectivity index (χ1v) is 8.81. The van der Waals surface area contributed by atoms with Crippen LogP contribution in [-0.4, -0.2) is 16.0 Å². The molecular weight excluding hydrogens is 314 g/mol. The van der Waals surface area contributed by atoms with Crippen LogP contribution in [0.15, 0.2) is 35.1 Å². The quantitative estimate of drug-likeness (QED) is 0.726. The topological polar surface area (TPSA) is 70.9 Å². The Balaban J connectivity index is 1.64. The van der Waals surface area contributed by atoms with Gasteiger partial charge in [-0.15, -0.1) is 0 Å². The summed E-state index contributed by atoms with van der Waals surface area (Å²) in [7, 11) is 0. The maximum atomic E-state index is 12.1. The highest BCUT2D eigenvalue weighted by Gasteiger charge is 2.44. The van der Waals surface area contributed by atoms with Crippen molar-refractivity contribution in [2.24, 2.45) is 5.41 Å². The summed E-state index contributed by atoms with van der Waals surface area (Å²) in [6.07, 6.45) is 3.58. The molecule has 3 aromatic rings. The van der Waals surface area contributed by atoms with Gasteiger partial charge < -0.3 is 14.8 Å². The van der Waals surface area contributed by atoms with Crippen LogP contribution in [-0.2, 0) is 11.3 Å². The first kappa shape index (κ1) is 15.9. The van der Waals surface area contributed by atoms with Gasteiger partial charge in [-0.05, 0) is 42.5 Å². The molecule has 2 aromatic heterocycles. The van der Waals surface area contributed by atoms with E-state index in [-0.39, 0.29) is 11.3 Å². The summed E-state index contributed by atoms with van der Waals surface area (Å²) in [5.41, 5.74) is 5.12. The van der Waals surface area contributed by atoms with E-state index < -0.39 is 0 Å². The Morgan fingerprint density at radius 2 is 2.16 bits per heavy atom. The predicted octanol–water partition coefficient (Wildman–Crippen LogP) is 4.36. The van der Waals surface area contributed by atoms with Gasteiger partial charge in [-0.1, -0.05) is 25.9 Å². The second-order valence-corrected chi connectivity index (χ2v) is 7.60. The number of rotatable bonds is 5. The second kappa shape index (κ2) is 5.76. The fraction of sp³-hybridized carbons (Fsp3) is 0.400. The molecule has 0 atom stereocenters. The lowest BCUT2D eigenvalue weighted by atomic mass is 9.94. The molecule has 1 amide bonds. The Morgan fingerprint density at radius 1 is 1.36 bits per heavy atom. The van der Waals surface area contributed by atoms with Crippen molar-refractivity contribution in [2.45, 2.75) is 46.1 Å². The van der Waals surface area contributed by atoms with Crippen LogP contribution in [0.5, 0.6) is 0 Å². The third-order valence-electron chi connectivity index (χ3n) is 5.17. The number of amides is 1. The molecule has 1 aromatic carbocycles. The first-order valence-electron chi connectivity index (χ1n) is 8.81. The number of nitrogens with zero attached hydrogens (tertiary/aromatic N) is 1. The number of aromatic amines is 1. The summed E-state index contributed by atoms with van der Waals surface area (Å²) < 4.78 is 5.02. The van der Waals surface area contributed by atoms with E-state index in [9.17, 15) is 4.79 Å². The minimum Gasteiger partial charge on any atom is -0.364 e. The summed E-state index contributed by atoms with van der Waals surface area (Å²) in [6.45, 7) is 6.89. The van der Waals surface area contributed by atoms with Gasteiger partial charge >= 0.3 is 0 Å². The Labute approximate surface area is 146 Å². The lowest BCUT2D eigenvalue weighted by molar-refractivity contribution is -0.125. The zero-order valence-corrected chi connectivity index (χ0v) is 14.8. The van der Waals surface area contributed by atoms with E-state index >= 15 is 0 Å². The molecule has 1 aliphatic carbocycles. The van der Waals surface area contributed by atoms with Crippen molar-refractivity contribution in [1.82, 2.24) is 15.5 Å². The van der Waals surface area contributed by atoms with E-state index in [2.05, 4.69) is 47.5 Å².